The smallest absolute Gasteiger partial charge is 0.145 e. The zero-order chi connectivity index (χ0) is 24.8. The summed E-state index contributed by atoms with van der Waals surface area (Å²) in [5, 5.41) is 4.47. The number of likely N-dealkylation sites (N-methyl/N-ethyl adjacent to an activating group) is 1. The van der Waals surface area contributed by atoms with Crippen molar-refractivity contribution in [3.05, 3.63) is 73.5 Å². The maximum atomic E-state index is 12.2. The molecule has 1 heterocycles. The number of rotatable bonds is 12. The Morgan fingerprint density at radius 2 is 2.03 bits per heavy atom. The Morgan fingerprint density at radius 1 is 1.34 bits per heavy atom. The lowest BCUT2D eigenvalue weighted by Gasteiger charge is -2.16. The number of nitrogens with zero attached hydrogens (tertiary/aromatic N) is 3. The molecule has 6 heteroatoms. The van der Waals surface area contributed by atoms with Crippen molar-refractivity contribution in [1.29, 1.82) is 0 Å². The molecule has 0 aromatic heterocycles. The van der Waals surface area contributed by atoms with Gasteiger partial charge in [0.25, 0.3) is 0 Å². The van der Waals surface area contributed by atoms with Crippen LogP contribution in [0.4, 0.5) is 4.39 Å². The highest BCUT2D eigenvalue weighted by atomic mass is 19.1. The zero-order valence-corrected chi connectivity index (χ0v) is 20.9. The minimum atomic E-state index is -0.506. The Kier molecular flexibility index (Phi) is 21.4. The first kappa shape index (κ1) is 31.6. The van der Waals surface area contributed by atoms with Crippen molar-refractivity contribution in [3.63, 3.8) is 0 Å². The van der Waals surface area contributed by atoms with Gasteiger partial charge < -0.3 is 4.74 Å². The van der Waals surface area contributed by atoms with Gasteiger partial charge in [-0.3, -0.25) is 15.3 Å². The Balaban J connectivity index is 0. The summed E-state index contributed by atoms with van der Waals surface area (Å²) >= 11 is 0. The van der Waals surface area contributed by atoms with Gasteiger partial charge in [0.15, 0.2) is 0 Å². The van der Waals surface area contributed by atoms with Gasteiger partial charge in [-0.2, -0.15) is 5.10 Å². The van der Waals surface area contributed by atoms with E-state index >= 15 is 0 Å². The second kappa shape index (κ2) is 21.7. The number of hydrogen-bond acceptors (Lipinski definition) is 5. The summed E-state index contributed by atoms with van der Waals surface area (Å²) in [7, 11) is 4.03. The fourth-order valence-corrected chi connectivity index (χ4v) is 2.42. The Hall–Kier alpha value is -2.57. The number of halogens is 1. The standard InChI is InChI=1S/C22H33FN4O.C2H6.C2H4/c1-6-10-19(17-24-18(3)28-16-15-23)22-14-13-20(25-26-22)11-8-9-12-21(7-2)27(4)5;2*1-2/h7-13,17-18,21,25H,2,6,14-16H2,1,3-5H3;1-2H3;1-2H2/b11-8+,12-9?,19-10+,24-17-;;. The van der Waals surface area contributed by atoms with E-state index in [1.54, 1.807) is 13.1 Å². The number of hydrazone groups is 1. The number of aliphatic imine (C=N–C) groups is 1. The number of allylic oxidation sites excluding steroid dienone is 6. The molecule has 1 aliphatic heterocycles. The number of hydrogen-bond donors (Lipinski definition) is 1. The lowest BCUT2D eigenvalue weighted by atomic mass is 10.1. The lowest BCUT2D eigenvalue weighted by molar-refractivity contribution is 0.0625. The van der Waals surface area contributed by atoms with Crippen molar-refractivity contribution in [2.24, 2.45) is 10.1 Å². The first-order valence-corrected chi connectivity index (χ1v) is 11.1. The van der Waals surface area contributed by atoms with E-state index in [1.807, 2.05) is 52.2 Å². The molecule has 0 fully saturated rings. The van der Waals surface area contributed by atoms with E-state index in [-0.39, 0.29) is 18.9 Å². The largest absolute Gasteiger partial charge is 0.354 e. The highest BCUT2D eigenvalue weighted by Gasteiger charge is 2.09. The maximum absolute atomic E-state index is 12.2. The van der Waals surface area contributed by atoms with Crippen LogP contribution in [0.15, 0.2) is 83.6 Å². The molecule has 0 saturated carbocycles. The summed E-state index contributed by atoms with van der Waals surface area (Å²) in [6.07, 6.45) is 17.0. The molecule has 0 aromatic carbocycles. The van der Waals surface area contributed by atoms with Crippen LogP contribution in [0.2, 0.25) is 0 Å². The molecular weight excluding hydrogens is 403 g/mol. The Bertz CT molecular complexity index is 675. The molecule has 32 heavy (non-hydrogen) atoms. The van der Waals surface area contributed by atoms with Crippen molar-refractivity contribution in [3.8, 4) is 0 Å². The fourth-order valence-electron chi connectivity index (χ4n) is 2.42. The van der Waals surface area contributed by atoms with E-state index in [0.717, 1.165) is 23.4 Å². The molecule has 1 rings (SSSR count). The van der Waals surface area contributed by atoms with Crippen LogP contribution in [0, 0.1) is 0 Å². The number of ether oxygens (including phenoxy) is 1. The van der Waals surface area contributed by atoms with Gasteiger partial charge >= 0.3 is 0 Å². The van der Waals surface area contributed by atoms with E-state index in [4.69, 9.17) is 4.74 Å². The third-order valence-electron chi connectivity index (χ3n) is 3.99. The van der Waals surface area contributed by atoms with Crippen molar-refractivity contribution in [2.75, 3.05) is 27.4 Å². The minimum absolute atomic E-state index is 0.0583. The Morgan fingerprint density at radius 3 is 2.53 bits per heavy atom. The highest BCUT2D eigenvalue weighted by molar-refractivity contribution is 6.16. The van der Waals surface area contributed by atoms with Gasteiger partial charge in [0, 0.05) is 24.3 Å². The topological polar surface area (TPSA) is 49.2 Å². The molecule has 2 atom stereocenters. The molecule has 1 aliphatic rings. The number of alkyl halides is 1. The summed E-state index contributed by atoms with van der Waals surface area (Å²) in [6.45, 7) is 17.2. The van der Waals surface area contributed by atoms with E-state index in [9.17, 15) is 4.39 Å². The second-order valence-corrected chi connectivity index (χ2v) is 6.47. The second-order valence-electron chi connectivity index (χ2n) is 6.47. The third kappa shape index (κ3) is 14.4. The molecule has 0 aromatic rings. The monoisotopic (exact) mass is 446 g/mol. The summed E-state index contributed by atoms with van der Waals surface area (Å²) < 4.78 is 17.4. The van der Waals surface area contributed by atoms with Crippen LogP contribution in [0.1, 0.15) is 40.5 Å². The van der Waals surface area contributed by atoms with Gasteiger partial charge in [-0.15, -0.1) is 19.7 Å². The quantitative estimate of drug-likeness (QED) is 0.227. The summed E-state index contributed by atoms with van der Waals surface area (Å²) in [4.78, 5) is 6.41. The first-order chi connectivity index (χ1) is 15.5. The summed E-state index contributed by atoms with van der Waals surface area (Å²) in [5.74, 6) is 0. The molecular formula is C26H43FN4O. The van der Waals surface area contributed by atoms with Gasteiger partial charge in [-0.25, -0.2) is 4.39 Å². The average molecular weight is 447 g/mol. The highest BCUT2D eigenvalue weighted by Crippen LogP contribution is 2.11. The molecule has 1 N–H and O–H groups in total. The molecule has 5 nitrogen and oxygen atoms in total. The summed E-state index contributed by atoms with van der Waals surface area (Å²) in [6, 6.07) is 0.208. The van der Waals surface area contributed by atoms with Crippen molar-refractivity contribution < 1.29 is 9.13 Å². The van der Waals surface area contributed by atoms with Crippen LogP contribution in [0.5, 0.6) is 0 Å². The fraction of sp³-hybridized carbons (Fsp3) is 0.462. The van der Waals surface area contributed by atoms with Gasteiger partial charge in [-0.1, -0.05) is 57.2 Å². The number of nitrogens with one attached hydrogen (secondary N) is 1. The van der Waals surface area contributed by atoms with Gasteiger partial charge in [0.1, 0.15) is 12.9 Å². The molecule has 0 bridgehead atoms. The zero-order valence-electron chi connectivity index (χ0n) is 20.9. The van der Waals surface area contributed by atoms with Crippen LogP contribution in [0.3, 0.4) is 0 Å². The SMILES string of the molecule is C=C.C=CC(C=C/C=C/C1=CCC(C(/C=N\C(C)OCCF)=C/CC)=NN1)N(C)C.CC. The van der Waals surface area contributed by atoms with Gasteiger partial charge in [0.2, 0.25) is 0 Å². The van der Waals surface area contributed by atoms with E-state index < -0.39 is 6.67 Å². The molecule has 0 saturated heterocycles. The molecule has 180 valence electrons. The molecule has 0 aliphatic carbocycles. The van der Waals surface area contributed by atoms with E-state index in [2.05, 4.69) is 65.3 Å². The third-order valence-corrected chi connectivity index (χ3v) is 3.99. The normalized spacial score (nSPS) is 15.9. The average Bonchev–Trinajstić information content (AvgIpc) is 2.83. The van der Waals surface area contributed by atoms with Gasteiger partial charge in [0.05, 0.1) is 18.0 Å². The van der Waals surface area contributed by atoms with Crippen LogP contribution >= 0.6 is 0 Å². The Labute approximate surface area is 195 Å². The molecule has 0 radical (unpaired) electrons. The van der Waals surface area contributed by atoms with Crippen molar-refractivity contribution in [1.82, 2.24) is 10.3 Å². The maximum Gasteiger partial charge on any atom is 0.145 e. The first-order valence-electron chi connectivity index (χ1n) is 11.1. The summed E-state index contributed by atoms with van der Waals surface area (Å²) in [5.41, 5.74) is 5.88. The van der Waals surface area contributed by atoms with E-state index in [1.165, 1.54) is 0 Å². The van der Waals surface area contributed by atoms with Gasteiger partial charge in [-0.05, 0) is 33.5 Å². The van der Waals surface area contributed by atoms with Crippen molar-refractivity contribution in [2.45, 2.75) is 52.8 Å². The van der Waals surface area contributed by atoms with Crippen LogP contribution < -0.4 is 5.43 Å². The van der Waals surface area contributed by atoms with Crippen LogP contribution in [-0.4, -0.2) is 56.5 Å². The lowest BCUT2D eigenvalue weighted by Crippen LogP contribution is -2.23. The predicted molar refractivity (Wildman–Crippen MR) is 140 cm³/mol. The van der Waals surface area contributed by atoms with Crippen LogP contribution in [0.25, 0.3) is 0 Å². The van der Waals surface area contributed by atoms with E-state index in [0.29, 0.717) is 6.42 Å². The minimum Gasteiger partial charge on any atom is -0.354 e. The van der Waals surface area contributed by atoms with Crippen molar-refractivity contribution >= 4 is 11.9 Å². The molecule has 0 amide bonds. The predicted octanol–water partition coefficient (Wildman–Crippen LogP) is 6.02. The molecule has 0 spiro atoms. The van der Waals surface area contributed by atoms with Crippen LogP contribution in [-0.2, 0) is 4.74 Å². The molecule has 2 unspecified atom stereocenters.